The molecule has 0 radical (unpaired) electrons. The Bertz CT molecular complexity index is 1220. The second kappa shape index (κ2) is 10.1. The van der Waals surface area contributed by atoms with Crippen LogP contribution in [0.3, 0.4) is 0 Å². The minimum atomic E-state index is -3.53. The fourth-order valence-electron chi connectivity index (χ4n) is 3.68. The SMILES string of the molecule is Cc1ccc(S(=O)(=O)N2CCC(C(=O)Nc3ccc(N=Nc4ccccc4)cc3)CC2)cc1. The van der Waals surface area contributed by atoms with Gasteiger partial charge in [-0.1, -0.05) is 35.9 Å². The van der Waals surface area contributed by atoms with E-state index in [1.807, 2.05) is 37.3 Å². The summed E-state index contributed by atoms with van der Waals surface area (Å²) in [5.41, 5.74) is 3.14. The summed E-state index contributed by atoms with van der Waals surface area (Å²) in [6, 6.07) is 23.5. The van der Waals surface area contributed by atoms with E-state index < -0.39 is 10.0 Å². The van der Waals surface area contributed by atoms with E-state index in [1.165, 1.54) is 4.31 Å². The van der Waals surface area contributed by atoms with Crippen molar-refractivity contribution in [3.05, 3.63) is 84.4 Å². The zero-order valence-electron chi connectivity index (χ0n) is 18.4. The highest BCUT2D eigenvalue weighted by molar-refractivity contribution is 7.89. The molecule has 8 heteroatoms. The van der Waals surface area contributed by atoms with E-state index in [0.29, 0.717) is 42.2 Å². The van der Waals surface area contributed by atoms with Crippen molar-refractivity contribution in [3.8, 4) is 0 Å². The number of aryl methyl sites for hydroxylation is 1. The first-order valence-electron chi connectivity index (χ1n) is 10.9. The molecule has 170 valence electrons. The molecule has 7 nitrogen and oxygen atoms in total. The molecule has 3 aromatic carbocycles. The predicted octanol–water partition coefficient (Wildman–Crippen LogP) is 5.45. The largest absolute Gasteiger partial charge is 0.326 e. The van der Waals surface area contributed by atoms with Crippen LogP contribution in [0.25, 0.3) is 0 Å². The van der Waals surface area contributed by atoms with Crippen LogP contribution in [0.15, 0.2) is 94.0 Å². The van der Waals surface area contributed by atoms with Crippen molar-refractivity contribution in [1.29, 1.82) is 0 Å². The summed E-state index contributed by atoms with van der Waals surface area (Å²) in [7, 11) is -3.53. The maximum atomic E-state index is 12.9. The molecule has 1 amide bonds. The van der Waals surface area contributed by atoms with Gasteiger partial charge in [-0.25, -0.2) is 8.42 Å². The van der Waals surface area contributed by atoms with Crippen LogP contribution in [-0.2, 0) is 14.8 Å². The number of rotatable bonds is 6. The highest BCUT2D eigenvalue weighted by Crippen LogP contribution is 2.26. The van der Waals surface area contributed by atoms with E-state index in [0.717, 1.165) is 11.3 Å². The Hall–Kier alpha value is -3.36. The predicted molar refractivity (Wildman–Crippen MR) is 128 cm³/mol. The molecule has 0 aliphatic carbocycles. The maximum Gasteiger partial charge on any atom is 0.243 e. The van der Waals surface area contributed by atoms with Gasteiger partial charge in [-0.05, 0) is 68.3 Å². The monoisotopic (exact) mass is 462 g/mol. The minimum absolute atomic E-state index is 0.0963. The normalized spacial score (nSPS) is 15.5. The second-order valence-corrected chi connectivity index (χ2v) is 10.0. The van der Waals surface area contributed by atoms with E-state index in [1.54, 1.807) is 48.5 Å². The molecule has 1 N–H and O–H groups in total. The molecular weight excluding hydrogens is 436 g/mol. The number of azo groups is 1. The van der Waals surface area contributed by atoms with Crippen LogP contribution in [0.2, 0.25) is 0 Å². The number of carbonyl (C=O) groups is 1. The summed E-state index contributed by atoms with van der Waals surface area (Å²) in [6.45, 7) is 2.57. The number of benzene rings is 3. The molecule has 4 rings (SSSR count). The first-order valence-corrected chi connectivity index (χ1v) is 12.3. The molecular formula is C25H26N4O3S. The van der Waals surface area contributed by atoms with Gasteiger partial charge >= 0.3 is 0 Å². The molecule has 33 heavy (non-hydrogen) atoms. The number of piperidine rings is 1. The number of carbonyl (C=O) groups excluding carboxylic acids is 1. The number of hydrogen-bond donors (Lipinski definition) is 1. The highest BCUT2D eigenvalue weighted by Gasteiger charge is 2.32. The maximum absolute atomic E-state index is 12.9. The zero-order valence-corrected chi connectivity index (χ0v) is 19.2. The van der Waals surface area contributed by atoms with Gasteiger partial charge in [0.1, 0.15) is 0 Å². The topological polar surface area (TPSA) is 91.2 Å². The quantitative estimate of drug-likeness (QED) is 0.494. The third kappa shape index (κ3) is 5.71. The van der Waals surface area contributed by atoms with Crippen LogP contribution < -0.4 is 5.32 Å². The third-order valence-electron chi connectivity index (χ3n) is 5.66. The van der Waals surface area contributed by atoms with E-state index in [9.17, 15) is 13.2 Å². The Morgan fingerprint density at radius 1 is 0.848 bits per heavy atom. The van der Waals surface area contributed by atoms with Crippen molar-refractivity contribution < 1.29 is 13.2 Å². The summed E-state index contributed by atoms with van der Waals surface area (Å²) < 4.78 is 27.2. The summed E-state index contributed by atoms with van der Waals surface area (Å²) in [5.74, 6) is -0.326. The van der Waals surface area contributed by atoms with Crippen molar-refractivity contribution in [1.82, 2.24) is 4.31 Å². The molecule has 0 atom stereocenters. The molecule has 0 unspecified atom stereocenters. The smallest absolute Gasteiger partial charge is 0.243 e. The molecule has 1 aliphatic rings. The molecule has 0 saturated carbocycles. The first kappa shape index (κ1) is 22.8. The number of nitrogens with one attached hydrogen (secondary N) is 1. The Morgan fingerprint density at radius 2 is 1.42 bits per heavy atom. The molecule has 1 aliphatic heterocycles. The van der Waals surface area contributed by atoms with E-state index >= 15 is 0 Å². The lowest BCUT2D eigenvalue weighted by molar-refractivity contribution is -0.120. The molecule has 3 aromatic rings. The summed E-state index contributed by atoms with van der Waals surface area (Å²) >= 11 is 0. The lowest BCUT2D eigenvalue weighted by Gasteiger charge is -2.30. The number of amides is 1. The Labute approximate surface area is 194 Å². The zero-order chi connectivity index (χ0) is 23.3. The van der Waals surface area contributed by atoms with Crippen molar-refractivity contribution >= 4 is 33.0 Å². The van der Waals surface area contributed by atoms with Crippen LogP contribution in [0.5, 0.6) is 0 Å². The van der Waals surface area contributed by atoms with Gasteiger partial charge in [-0.15, -0.1) is 0 Å². The summed E-state index contributed by atoms with van der Waals surface area (Å²) in [4.78, 5) is 13.0. The molecule has 1 saturated heterocycles. The fraction of sp³-hybridized carbons (Fsp3) is 0.240. The number of hydrogen-bond acceptors (Lipinski definition) is 5. The van der Waals surface area contributed by atoms with Gasteiger partial charge in [0.15, 0.2) is 0 Å². The second-order valence-electron chi connectivity index (χ2n) is 8.06. The number of sulfonamides is 1. The van der Waals surface area contributed by atoms with Crippen molar-refractivity contribution in [3.63, 3.8) is 0 Å². The van der Waals surface area contributed by atoms with Crippen LogP contribution in [-0.4, -0.2) is 31.7 Å². The van der Waals surface area contributed by atoms with E-state index in [4.69, 9.17) is 0 Å². The molecule has 0 spiro atoms. The van der Waals surface area contributed by atoms with E-state index in [2.05, 4.69) is 15.5 Å². The fourth-order valence-corrected chi connectivity index (χ4v) is 5.15. The van der Waals surface area contributed by atoms with Crippen molar-refractivity contribution in [2.75, 3.05) is 18.4 Å². The van der Waals surface area contributed by atoms with Gasteiger partial charge in [0, 0.05) is 24.7 Å². The lowest BCUT2D eigenvalue weighted by Crippen LogP contribution is -2.41. The van der Waals surface area contributed by atoms with Gasteiger partial charge in [0.2, 0.25) is 15.9 Å². The molecule has 1 fully saturated rings. The standard InChI is InChI=1S/C25H26N4O3S/c1-19-7-13-24(14-8-19)33(31,32)29-17-15-20(16-18-29)25(30)26-21-9-11-23(12-10-21)28-27-22-5-3-2-4-6-22/h2-14,20H,15-18H2,1H3,(H,26,30). The van der Waals surface area contributed by atoms with Crippen molar-refractivity contribution in [2.24, 2.45) is 16.1 Å². The number of nitrogens with zero attached hydrogens (tertiary/aromatic N) is 3. The molecule has 0 aromatic heterocycles. The average molecular weight is 463 g/mol. The molecule has 0 bridgehead atoms. The van der Waals surface area contributed by atoms with Gasteiger partial charge in [0.05, 0.1) is 16.3 Å². The van der Waals surface area contributed by atoms with Crippen LogP contribution >= 0.6 is 0 Å². The third-order valence-corrected chi connectivity index (χ3v) is 7.57. The average Bonchev–Trinajstić information content (AvgIpc) is 2.84. The van der Waals surface area contributed by atoms with Crippen LogP contribution in [0.4, 0.5) is 17.1 Å². The van der Waals surface area contributed by atoms with Gasteiger partial charge in [0.25, 0.3) is 0 Å². The molecule has 1 heterocycles. The summed E-state index contributed by atoms with van der Waals surface area (Å²) in [6.07, 6.45) is 0.973. The first-order chi connectivity index (χ1) is 15.9. The Kier molecular flexibility index (Phi) is 6.96. The lowest BCUT2D eigenvalue weighted by atomic mass is 9.97. The Balaban J connectivity index is 1.31. The summed E-state index contributed by atoms with van der Waals surface area (Å²) in [5, 5.41) is 11.3. The Morgan fingerprint density at radius 3 is 2.03 bits per heavy atom. The van der Waals surface area contributed by atoms with E-state index in [-0.39, 0.29) is 11.8 Å². The van der Waals surface area contributed by atoms with Crippen LogP contribution in [0.1, 0.15) is 18.4 Å². The van der Waals surface area contributed by atoms with Gasteiger partial charge < -0.3 is 5.32 Å². The number of anilines is 1. The highest BCUT2D eigenvalue weighted by atomic mass is 32.2. The minimum Gasteiger partial charge on any atom is -0.326 e. The van der Waals surface area contributed by atoms with Crippen LogP contribution in [0, 0.1) is 12.8 Å². The van der Waals surface area contributed by atoms with Gasteiger partial charge in [-0.3, -0.25) is 4.79 Å². The van der Waals surface area contributed by atoms with Gasteiger partial charge in [-0.2, -0.15) is 14.5 Å². The van der Waals surface area contributed by atoms with Crippen molar-refractivity contribution in [2.45, 2.75) is 24.7 Å².